The summed E-state index contributed by atoms with van der Waals surface area (Å²) >= 11 is 3.07. The Hall–Kier alpha value is -2.08. The van der Waals surface area contributed by atoms with Gasteiger partial charge in [0.2, 0.25) is 0 Å². The van der Waals surface area contributed by atoms with Crippen molar-refractivity contribution in [2.24, 2.45) is 0 Å². The number of nitrogens with zero attached hydrogens (tertiary/aromatic N) is 1. The highest BCUT2D eigenvalue weighted by Crippen LogP contribution is 2.31. The number of benzene rings is 2. The zero-order chi connectivity index (χ0) is 15.1. The third kappa shape index (κ3) is 2.35. The van der Waals surface area contributed by atoms with Crippen LogP contribution in [-0.2, 0) is 11.3 Å². The number of fused-ring (bicyclic) bond motifs is 1. The maximum Gasteiger partial charge on any atom is 0.299 e. The van der Waals surface area contributed by atoms with Gasteiger partial charge in [-0.15, -0.1) is 0 Å². The minimum atomic E-state index is -0.731. The van der Waals surface area contributed by atoms with E-state index in [4.69, 9.17) is 0 Å². The number of anilines is 1. The molecule has 0 N–H and O–H groups in total. The normalized spacial score (nSPS) is 13.8. The number of rotatable bonds is 2. The van der Waals surface area contributed by atoms with Gasteiger partial charge in [0, 0.05) is 0 Å². The summed E-state index contributed by atoms with van der Waals surface area (Å²) in [7, 11) is 0. The standard InChI is InChI=1S/C15H8BrF2NO2/c16-11-5-8(1-3-12(11)18)7-19-13-4-2-9(17)6-10(13)14(20)15(19)21/h1-6H,7H2. The van der Waals surface area contributed by atoms with Crippen LogP contribution < -0.4 is 4.90 Å². The van der Waals surface area contributed by atoms with E-state index in [-0.39, 0.29) is 16.6 Å². The molecule has 6 heteroatoms. The average Bonchev–Trinajstić information content (AvgIpc) is 2.68. The second kappa shape index (κ2) is 5.04. The summed E-state index contributed by atoms with van der Waals surface area (Å²) in [5.74, 6) is -2.42. The molecular formula is C15H8BrF2NO2. The van der Waals surface area contributed by atoms with Crippen molar-refractivity contribution in [2.45, 2.75) is 6.54 Å². The first-order valence-electron chi connectivity index (χ1n) is 6.07. The second-order valence-corrected chi connectivity index (χ2v) is 5.48. The number of halogens is 3. The van der Waals surface area contributed by atoms with Crippen LogP contribution in [0.15, 0.2) is 40.9 Å². The fourth-order valence-corrected chi connectivity index (χ4v) is 2.68. The number of hydrogen-bond donors (Lipinski definition) is 0. The zero-order valence-electron chi connectivity index (χ0n) is 10.6. The van der Waals surface area contributed by atoms with Crippen LogP contribution in [0.2, 0.25) is 0 Å². The molecule has 0 aromatic heterocycles. The Morgan fingerprint density at radius 1 is 1.05 bits per heavy atom. The van der Waals surface area contributed by atoms with E-state index in [1.54, 1.807) is 0 Å². The molecule has 1 aliphatic heterocycles. The van der Waals surface area contributed by atoms with Crippen molar-refractivity contribution in [1.29, 1.82) is 0 Å². The fraction of sp³-hybridized carbons (Fsp3) is 0.0667. The molecule has 1 aliphatic rings. The Morgan fingerprint density at radius 2 is 1.81 bits per heavy atom. The third-order valence-electron chi connectivity index (χ3n) is 3.26. The predicted octanol–water partition coefficient (Wildman–Crippen LogP) is 3.46. The van der Waals surface area contributed by atoms with Gasteiger partial charge in [-0.05, 0) is 51.8 Å². The number of hydrogen-bond acceptors (Lipinski definition) is 2. The Morgan fingerprint density at radius 3 is 2.52 bits per heavy atom. The van der Waals surface area contributed by atoms with Crippen molar-refractivity contribution >= 4 is 33.3 Å². The fourth-order valence-electron chi connectivity index (χ4n) is 2.25. The summed E-state index contributed by atoms with van der Waals surface area (Å²) in [6.07, 6.45) is 0. The molecule has 0 saturated carbocycles. The first-order valence-corrected chi connectivity index (χ1v) is 6.86. The number of ketones is 1. The van der Waals surface area contributed by atoms with Gasteiger partial charge in [-0.2, -0.15) is 0 Å². The van der Waals surface area contributed by atoms with Gasteiger partial charge < -0.3 is 4.90 Å². The minimum absolute atomic E-state index is 0.0566. The van der Waals surface area contributed by atoms with Gasteiger partial charge in [-0.3, -0.25) is 9.59 Å². The van der Waals surface area contributed by atoms with E-state index in [1.165, 1.54) is 35.2 Å². The molecule has 2 aromatic rings. The first-order chi connectivity index (χ1) is 9.97. The average molecular weight is 352 g/mol. The lowest BCUT2D eigenvalue weighted by Gasteiger charge is -2.16. The largest absolute Gasteiger partial charge is 0.300 e. The van der Waals surface area contributed by atoms with Gasteiger partial charge in [-0.25, -0.2) is 8.78 Å². The Balaban J connectivity index is 1.98. The van der Waals surface area contributed by atoms with Crippen LogP contribution in [-0.4, -0.2) is 11.7 Å². The van der Waals surface area contributed by atoms with Crippen LogP contribution in [0.5, 0.6) is 0 Å². The summed E-state index contributed by atoms with van der Waals surface area (Å²) in [6.45, 7) is 0.113. The highest BCUT2D eigenvalue weighted by atomic mass is 79.9. The van der Waals surface area contributed by atoms with Gasteiger partial charge in [-0.1, -0.05) is 6.07 Å². The monoisotopic (exact) mass is 351 g/mol. The Labute approximate surface area is 127 Å². The van der Waals surface area contributed by atoms with E-state index >= 15 is 0 Å². The zero-order valence-corrected chi connectivity index (χ0v) is 12.2. The number of carbonyl (C=O) groups excluding carboxylic acids is 2. The lowest BCUT2D eigenvalue weighted by Crippen LogP contribution is -2.29. The van der Waals surface area contributed by atoms with Gasteiger partial charge in [0.15, 0.2) is 0 Å². The lowest BCUT2D eigenvalue weighted by molar-refractivity contribution is -0.114. The number of amides is 1. The molecule has 21 heavy (non-hydrogen) atoms. The van der Waals surface area contributed by atoms with Crippen LogP contribution in [0, 0.1) is 11.6 Å². The topological polar surface area (TPSA) is 37.4 Å². The molecule has 2 aromatic carbocycles. The highest BCUT2D eigenvalue weighted by Gasteiger charge is 2.36. The van der Waals surface area contributed by atoms with Gasteiger partial charge >= 0.3 is 0 Å². The molecule has 3 nitrogen and oxygen atoms in total. The quantitative estimate of drug-likeness (QED) is 0.777. The van der Waals surface area contributed by atoms with Crippen molar-refractivity contribution in [3.8, 4) is 0 Å². The smallest absolute Gasteiger partial charge is 0.299 e. The van der Waals surface area contributed by atoms with Gasteiger partial charge in [0.25, 0.3) is 11.7 Å². The van der Waals surface area contributed by atoms with Crippen LogP contribution in [0.25, 0.3) is 0 Å². The Bertz CT molecular complexity index is 776. The van der Waals surface area contributed by atoms with Crippen LogP contribution in [0.4, 0.5) is 14.5 Å². The van der Waals surface area contributed by atoms with E-state index in [0.717, 1.165) is 6.07 Å². The molecule has 1 heterocycles. The highest BCUT2D eigenvalue weighted by molar-refractivity contribution is 9.10. The maximum atomic E-state index is 13.2. The Kier molecular flexibility index (Phi) is 3.33. The molecule has 0 unspecified atom stereocenters. The van der Waals surface area contributed by atoms with Crippen molar-refractivity contribution in [2.75, 3.05) is 4.90 Å². The molecule has 0 atom stereocenters. The van der Waals surface area contributed by atoms with Crippen molar-refractivity contribution < 1.29 is 18.4 Å². The predicted molar refractivity (Wildman–Crippen MR) is 76.0 cm³/mol. The molecule has 0 spiro atoms. The van der Waals surface area contributed by atoms with Crippen LogP contribution in [0.1, 0.15) is 15.9 Å². The number of Topliss-reactive ketones (excluding diaryl/α,β-unsaturated/α-hetero) is 1. The maximum absolute atomic E-state index is 13.2. The van der Waals surface area contributed by atoms with Crippen molar-refractivity contribution in [3.63, 3.8) is 0 Å². The van der Waals surface area contributed by atoms with E-state index in [0.29, 0.717) is 11.3 Å². The number of carbonyl (C=O) groups is 2. The molecule has 0 bridgehead atoms. The first kappa shape index (κ1) is 13.9. The summed E-state index contributed by atoms with van der Waals surface area (Å²) in [5, 5.41) is 0. The van der Waals surface area contributed by atoms with Crippen LogP contribution >= 0.6 is 15.9 Å². The SMILES string of the molecule is O=C1C(=O)N(Cc2ccc(F)c(Br)c2)c2ccc(F)cc21. The van der Waals surface area contributed by atoms with Gasteiger partial charge in [0.1, 0.15) is 11.6 Å². The summed E-state index contributed by atoms with van der Waals surface area (Å²) < 4.78 is 26.7. The van der Waals surface area contributed by atoms with Crippen LogP contribution in [0.3, 0.4) is 0 Å². The molecule has 0 radical (unpaired) electrons. The summed E-state index contributed by atoms with van der Waals surface area (Å²) in [6, 6.07) is 7.97. The van der Waals surface area contributed by atoms with E-state index in [2.05, 4.69) is 15.9 Å². The molecule has 0 fully saturated rings. The third-order valence-corrected chi connectivity index (χ3v) is 3.87. The molecule has 0 saturated heterocycles. The summed E-state index contributed by atoms with van der Waals surface area (Å²) in [4.78, 5) is 25.1. The molecule has 3 rings (SSSR count). The molecule has 0 aliphatic carbocycles. The molecular weight excluding hydrogens is 344 g/mol. The molecule has 106 valence electrons. The van der Waals surface area contributed by atoms with Crippen molar-refractivity contribution in [3.05, 3.63) is 63.6 Å². The minimum Gasteiger partial charge on any atom is -0.300 e. The molecule has 1 amide bonds. The van der Waals surface area contributed by atoms with Crippen molar-refractivity contribution in [1.82, 2.24) is 0 Å². The lowest BCUT2D eigenvalue weighted by atomic mass is 10.1. The van der Waals surface area contributed by atoms with E-state index in [9.17, 15) is 18.4 Å². The van der Waals surface area contributed by atoms with E-state index < -0.39 is 23.3 Å². The second-order valence-electron chi connectivity index (χ2n) is 4.63. The summed E-state index contributed by atoms with van der Waals surface area (Å²) in [5.41, 5.74) is 1.08. The van der Waals surface area contributed by atoms with Gasteiger partial charge in [0.05, 0.1) is 22.3 Å². The van der Waals surface area contributed by atoms with E-state index in [1.807, 2.05) is 0 Å².